The lowest BCUT2D eigenvalue weighted by Gasteiger charge is -2.41. The minimum absolute atomic E-state index is 0.0984. The fourth-order valence-electron chi connectivity index (χ4n) is 3.50. The third-order valence-corrected chi connectivity index (χ3v) is 4.61. The van der Waals surface area contributed by atoms with E-state index in [4.69, 9.17) is 0 Å². The molecule has 1 saturated heterocycles. The van der Waals surface area contributed by atoms with Gasteiger partial charge >= 0.3 is 0 Å². The van der Waals surface area contributed by atoms with Crippen LogP contribution in [0.2, 0.25) is 0 Å². The number of hydrogen-bond acceptors (Lipinski definition) is 3. The molecule has 0 radical (unpaired) electrons. The summed E-state index contributed by atoms with van der Waals surface area (Å²) in [6.07, 6.45) is 7.86. The first-order chi connectivity index (χ1) is 8.10. The van der Waals surface area contributed by atoms with Gasteiger partial charge in [-0.2, -0.15) is 0 Å². The van der Waals surface area contributed by atoms with E-state index in [2.05, 4.69) is 11.8 Å². The molecule has 3 nitrogen and oxygen atoms in total. The van der Waals surface area contributed by atoms with Crippen molar-refractivity contribution in [2.24, 2.45) is 0 Å². The van der Waals surface area contributed by atoms with Crippen molar-refractivity contribution in [2.75, 3.05) is 13.1 Å². The Morgan fingerprint density at radius 2 is 1.65 bits per heavy atom. The van der Waals surface area contributed by atoms with Crippen LogP contribution in [0.25, 0.3) is 0 Å². The van der Waals surface area contributed by atoms with Gasteiger partial charge in [-0.3, -0.25) is 4.90 Å². The summed E-state index contributed by atoms with van der Waals surface area (Å²) >= 11 is 0. The highest BCUT2D eigenvalue weighted by molar-refractivity contribution is 4.93. The Kier molecular flexibility index (Phi) is 4.45. The first-order valence-electron chi connectivity index (χ1n) is 7.21. The molecule has 0 aromatic rings. The lowest BCUT2D eigenvalue weighted by molar-refractivity contribution is 0.0414. The maximum absolute atomic E-state index is 10.0. The quantitative estimate of drug-likeness (QED) is 0.689. The van der Waals surface area contributed by atoms with Crippen molar-refractivity contribution in [1.82, 2.24) is 4.90 Å². The molecule has 2 rings (SSSR count). The summed E-state index contributed by atoms with van der Waals surface area (Å²) in [4.78, 5) is 2.57. The molecule has 3 heteroatoms. The van der Waals surface area contributed by atoms with Crippen molar-refractivity contribution < 1.29 is 10.2 Å². The van der Waals surface area contributed by atoms with Crippen LogP contribution in [0, 0.1) is 0 Å². The van der Waals surface area contributed by atoms with Crippen LogP contribution in [0.1, 0.15) is 58.3 Å². The molecule has 1 aliphatic carbocycles. The van der Waals surface area contributed by atoms with Crippen LogP contribution in [-0.4, -0.2) is 45.9 Å². The molecule has 2 fully saturated rings. The molecule has 0 amide bonds. The zero-order valence-electron chi connectivity index (χ0n) is 11.1. The van der Waals surface area contributed by atoms with Crippen LogP contribution >= 0.6 is 0 Å². The van der Waals surface area contributed by atoms with E-state index >= 15 is 0 Å². The maximum Gasteiger partial charge on any atom is 0.0582 e. The van der Waals surface area contributed by atoms with Crippen LogP contribution < -0.4 is 0 Å². The highest BCUT2D eigenvalue weighted by atomic mass is 16.3. The van der Waals surface area contributed by atoms with Gasteiger partial charge in [-0.05, 0) is 58.5 Å². The molecular weight excluding hydrogens is 214 g/mol. The van der Waals surface area contributed by atoms with Gasteiger partial charge in [0.25, 0.3) is 0 Å². The molecule has 0 spiro atoms. The largest absolute Gasteiger partial charge is 0.393 e. The number of aliphatic hydroxyl groups excluding tert-OH is 2. The number of nitrogens with zero attached hydrogens (tertiary/aromatic N) is 1. The Balaban J connectivity index is 2.04. The third kappa shape index (κ3) is 3.43. The highest BCUT2D eigenvalue weighted by Crippen LogP contribution is 2.34. The van der Waals surface area contributed by atoms with Crippen LogP contribution in [0.15, 0.2) is 0 Å². The first-order valence-corrected chi connectivity index (χ1v) is 7.21. The smallest absolute Gasteiger partial charge is 0.0582 e. The summed E-state index contributed by atoms with van der Waals surface area (Å²) in [5, 5.41) is 19.8. The van der Waals surface area contributed by atoms with Crippen molar-refractivity contribution >= 4 is 0 Å². The average molecular weight is 241 g/mol. The standard InChI is InChI=1S/C14H27NO2/c1-14(15-8-4-2-3-5-9-15)7-6-12(16)10-13(17)11-14/h12-13,16-17H,2-11H2,1H3. The maximum atomic E-state index is 10.0. The van der Waals surface area contributed by atoms with Gasteiger partial charge in [-0.15, -0.1) is 0 Å². The summed E-state index contributed by atoms with van der Waals surface area (Å²) < 4.78 is 0. The second-order valence-electron chi connectivity index (χ2n) is 6.18. The molecule has 0 aromatic heterocycles. The Morgan fingerprint density at radius 3 is 2.29 bits per heavy atom. The van der Waals surface area contributed by atoms with Gasteiger partial charge in [-0.1, -0.05) is 12.8 Å². The van der Waals surface area contributed by atoms with Crippen molar-refractivity contribution in [3.63, 3.8) is 0 Å². The molecule has 1 heterocycles. The number of likely N-dealkylation sites (tertiary alicyclic amines) is 1. The molecule has 3 atom stereocenters. The molecule has 2 N–H and O–H groups in total. The lowest BCUT2D eigenvalue weighted by Crippen LogP contribution is -2.48. The molecule has 1 aliphatic heterocycles. The summed E-state index contributed by atoms with van der Waals surface area (Å²) in [5.74, 6) is 0. The number of rotatable bonds is 1. The number of hydrogen-bond donors (Lipinski definition) is 2. The molecule has 0 bridgehead atoms. The van der Waals surface area contributed by atoms with Crippen molar-refractivity contribution in [1.29, 1.82) is 0 Å². The zero-order valence-corrected chi connectivity index (χ0v) is 11.1. The SMILES string of the molecule is CC1(N2CCCCCC2)CCC(O)CC(O)C1. The average Bonchev–Trinajstić information content (AvgIpc) is 2.59. The van der Waals surface area contributed by atoms with Gasteiger partial charge in [0.05, 0.1) is 12.2 Å². The number of aliphatic hydroxyl groups is 2. The van der Waals surface area contributed by atoms with Gasteiger partial charge in [0.2, 0.25) is 0 Å². The van der Waals surface area contributed by atoms with Crippen LogP contribution in [0.4, 0.5) is 0 Å². The Bertz CT molecular complexity index is 238. The van der Waals surface area contributed by atoms with Gasteiger partial charge in [0.1, 0.15) is 0 Å². The van der Waals surface area contributed by atoms with E-state index in [1.54, 1.807) is 0 Å². The van der Waals surface area contributed by atoms with E-state index in [1.807, 2.05) is 0 Å². The third-order valence-electron chi connectivity index (χ3n) is 4.61. The van der Waals surface area contributed by atoms with E-state index in [1.165, 1.54) is 38.8 Å². The summed E-state index contributed by atoms with van der Waals surface area (Å²) in [6.45, 7) is 4.61. The normalized spacial score (nSPS) is 41.8. The van der Waals surface area contributed by atoms with E-state index < -0.39 is 0 Å². The summed E-state index contributed by atoms with van der Waals surface area (Å²) in [5.41, 5.74) is 0.0984. The Morgan fingerprint density at radius 1 is 1.00 bits per heavy atom. The van der Waals surface area contributed by atoms with Crippen molar-refractivity contribution in [3.05, 3.63) is 0 Å². The van der Waals surface area contributed by atoms with E-state index in [0.29, 0.717) is 6.42 Å². The second kappa shape index (κ2) is 5.68. The fraction of sp³-hybridized carbons (Fsp3) is 1.00. The molecule has 3 unspecified atom stereocenters. The minimum Gasteiger partial charge on any atom is -0.393 e. The highest BCUT2D eigenvalue weighted by Gasteiger charge is 2.37. The van der Waals surface area contributed by atoms with E-state index in [0.717, 1.165) is 19.3 Å². The Hall–Kier alpha value is -0.120. The zero-order chi connectivity index (χ0) is 12.3. The summed E-state index contributed by atoms with van der Waals surface area (Å²) in [6, 6.07) is 0. The van der Waals surface area contributed by atoms with Gasteiger partial charge in [-0.25, -0.2) is 0 Å². The molecule has 1 saturated carbocycles. The van der Waals surface area contributed by atoms with E-state index in [-0.39, 0.29) is 17.7 Å². The van der Waals surface area contributed by atoms with Gasteiger partial charge in [0, 0.05) is 5.54 Å². The molecule has 17 heavy (non-hydrogen) atoms. The first kappa shape index (κ1) is 13.3. The molecule has 0 aromatic carbocycles. The predicted octanol–water partition coefficient (Wildman–Crippen LogP) is 1.92. The molecular formula is C14H27NO2. The minimum atomic E-state index is -0.333. The molecule has 2 aliphatic rings. The Labute approximate surface area is 105 Å². The van der Waals surface area contributed by atoms with E-state index in [9.17, 15) is 10.2 Å². The van der Waals surface area contributed by atoms with Crippen molar-refractivity contribution in [3.8, 4) is 0 Å². The second-order valence-corrected chi connectivity index (χ2v) is 6.18. The monoisotopic (exact) mass is 241 g/mol. The molecule has 100 valence electrons. The van der Waals surface area contributed by atoms with Gasteiger partial charge < -0.3 is 10.2 Å². The predicted molar refractivity (Wildman–Crippen MR) is 68.9 cm³/mol. The van der Waals surface area contributed by atoms with Crippen LogP contribution in [0.5, 0.6) is 0 Å². The van der Waals surface area contributed by atoms with Gasteiger partial charge in [0.15, 0.2) is 0 Å². The summed E-state index contributed by atoms with van der Waals surface area (Å²) in [7, 11) is 0. The topological polar surface area (TPSA) is 43.7 Å². The van der Waals surface area contributed by atoms with Crippen LogP contribution in [0.3, 0.4) is 0 Å². The van der Waals surface area contributed by atoms with Crippen molar-refractivity contribution in [2.45, 2.75) is 76.0 Å². The lowest BCUT2D eigenvalue weighted by atomic mass is 9.89. The van der Waals surface area contributed by atoms with Crippen LogP contribution in [-0.2, 0) is 0 Å². The fourth-order valence-corrected chi connectivity index (χ4v) is 3.50.